The minimum absolute atomic E-state index is 0.261. The van der Waals surface area contributed by atoms with Gasteiger partial charge in [0.05, 0.1) is 12.4 Å². The van der Waals surface area contributed by atoms with Gasteiger partial charge in [-0.2, -0.15) is 15.2 Å². The lowest BCUT2D eigenvalue weighted by Crippen LogP contribution is -2.13. The van der Waals surface area contributed by atoms with E-state index in [0.717, 1.165) is 5.56 Å². The van der Waals surface area contributed by atoms with Crippen LogP contribution in [0.15, 0.2) is 40.4 Å². The van der Waals surface area contributed by atoms with Gasteiger partial charge in [-0.05, 0) is 6.07 Å². The molecule has 0 aliphatic rings. The van der Waals surface area contributed by atoms with Gasteiger partial charge in [-0.1, -0.05) is 29.8 Å². The van der Waals surface area contributed by atoms with Crippen LogP contribution in [0.25, 0.3) is 0 Å². The lowest BCUT2D eigenvalue weighted by molar-refractivity contribution is 0.913. The molecule has 2 rings (SSSR count). The number of nitrogens with one attached hydrogen (secondary N) is 2. The van der Waals surface area contributed by atoms with Gasteiger partial charge in [-0.15, -0.1) is 0 Å². The van der Waals surface area contributed by atoms with Gasteiger partial charge in [0.2, 0.25) is 0 Å². The number of halogens is 1. The summed E-state index contributed by atoms with van der Waals surface area (Å²) >= 11 is 5.93. The van der Waals surface area contributed by atoms with Crippen LogP contribution in [0.3, 0.4) is 0 Å². The predicted molar refractivity (Wildman–Crippen MR) is 65.3 cm³/mol. The van der Waals surface area contributed by atoms with Crippen molar-refractivity contribution in [3.8, 4) is 0 Å². The number of anilines is 1. The summed E-state index contributed by atoms with van der Waals surface area (Å²) in [5.41, 5.74) is 2.80. The van der Waals surface area contributed by atoms with Crippen LogP contribution < -0.4 is 11.1 Å². The number of aromatic amines is 1. The van der Waals surface area contributed by atoms with Crippen molar-refractivity contribution in [2.75, 3.05) is 5.43 Å². The minimum Gasteiger partial charge on any atom is -0.260 e. The smallest absolute Gasteiger partial charge is 0.260 e. The van der Waals surface area contributed by atoms with E-state index in [-0.39, 0.29) is 5.82 Å². The van der Waals surface area contributed by atoms with Crippen molar-refractivity contribution in [1.82, 2.24) is 15.2 Å². The van der Waals surface area contributed by atoms with Gasteiger partial charge in [0, 0.05) is 10.6 Å². The SMILES string of the molecule is O=c1nc(NN=Cc2ccccc2Cl)cn[nH]1. The summed E-state index contributed by atoms with van der Waals surface area (Å²) in [7, 11) is 0. The first-order chi connectivity index (χ1) is 8.25. The number of rotatable bonds is 3. The molecule has 0 bridgehead atoms. The first-order valence-electron chi connectivity index (χ1n) is 4.71. The Balaban J connectivity index is 2.08. The number of benzene rings is 1. The Hall–Kier alpha value is -2.21. The highest BCUT2D eigenvalue weighted by Crippen LogP contribution is 2.12. The Labute approximate surface area is 101 Å². The van der Waals surface area contributed by atoms with Crippen molar-refractivity contribution in [3.63, 3.8) is 0 Å². The Bertz CT molecular complexity index is 595. The number of hydrogen-bond donors (Lipinski definition) is 2. The Morgan fingerprint density at radius 2 is 2.24 bits per heavy atom. The predicted octanol–water partition coefficient (Wildman–Crippen LogP) is 1.26. The molecular formula is C10H8ClN5O. The molecule has 0 aliphatic carbocycles. The second kappa shape index (κ2) is 5.22. The molecule has 17 heavy (non-hydrogen) atoms. The molecule has 0 unspecified atom stereocenters. The van der Waals surface area contributed by atoms with E-state index in [9.17, 15) is 4.79 Å². The molecule has 2 N–H and O–H groups in total. The standard InChI is InChI=1S/C10H8ClN5O/c11-8-4-2-1-3-7(8)5-12-15-9-6-13-16-10(17)14-9/h1-6H,(H2,14,15,16,17). The summed E-state index contributed by atoms with van der Waals surface area (Å²) in [6.45, 7) is 0. The van der Waals surface area contributed by atoms with Crippen molar-refractivity contribution < 1.29 is 0 Å². The molecule has 0 radical (unpaired) electrons. The molecule has 7 heteroatoms. The molecule has 0 spiro atoms. The molecule has 0 atom stereocenters. The van der Waals surface area contributed by atoms with E-state index in [0.29, 0.717) is 5.02 Å². The van der Waals surface area contributed by atoms with Gasteiger partial charge in [0.25, 0.3) is 0 Å². The first-order valence-corrected chi connectivity index (χ1v) is 5.09. The number of hydrogen-bond acceptors (Lipinski definition) is 5. The van der Waals surface area contributed by atoms with Crippen LogP contribution in [0.1, 0.15) is 5.56 Å². The summed E-state index contributed by atoms with van der Waals surface area (Å²) in [4.78, 5) is 14.4. The Morgan fingerprint density at radius 3 is 3.00 bits per heavy atom. The maximum Gasteiger partial charge on any atom is 0.363 e. The fraction of sp³-hybridized carbons (Fsp3) is 0. The molecule has 1 heterocycles. The molecule has 1 aromatic heterocycles. The van der Waals surface area contributed by atoms with Crippen LogP contribution in [0.4, 0.5) is 5.82 Å². The molecule has 86 valence electrons. The Kier molecular flexibility index (Phi) is 3.46. The number of H-pyrrole nitrogens is 1. The van der Waals surface area contributed by atoms with Gasteiger partial charge >= 0.3 is 5.69 Å². The summed E-state index contributed by atoms with van der Waals surface area (Å²) in [5.74, 6) is 0.261. The maximum atomic E-state index is 10.8. The quantitative estimate of drug-likeness (QED) is 0.634. The zero-order chi connectivity index (χ0) is 12.1. The fourth-order valence-electron chi connectivity index (χ4n) is 1.11. The molecule has 0 aliphatic heterocycles. The molecule has 0 amide bonds. The average Bonchev–Trinajstić information content (AvgIpc) is 2.32. The molecule has 1 aromatic carbocycles. The lowest BCUT2D eigenvalue weighted by Gasteiger charge is -1.97. The zero-order valence-corrected chi connectivity index (χ0v) is 9.35. The van der Waals surface area contributed by atoms with E-state index < -0.39 is 5.69 Å². The van der Waals surface area contributed by atoms with Crippen molar-refractivity contribution in [3.05, 3.63) is 51.5 Å². The van der Waals surface area contributed by atoms with E-state index in [4.69, 9.17) is 11.6 Å². The lowest BCUT2D eigenvalue weighted by atomic mass is 10.2. The summed E-state index contributed by atoms with van der Waals surface area (Å²) in [6.07, 6.45) is 2.89. The normalized spacial score (nSPS) is 10.6. The topological polar surface area (TPSA) is 83.0 Å². The van der Waals surface area contributed by atoms with Crippen LogP contribution >= 0.6 is 11.6 Å². The van der Waals surface area contributed by atoms with Gasteiger partial charge in [-0.3, -0.25) is 5.43 Å². The molecule has 6 nitrogen and oxygen atoms in total. The third-order valence-corrected chi connectivity index (χ3v) is 2.20. The zero-order valence-electron chi connectivity index (χ0n) is 8.59. The van der Waals surface area contributed by atoms with E-state index in [1.807, 2.05) is 18.2 Å². The van der Waals surface area contributed by atoms with Crippen molar-refractivity contribution in [1.29, 1.82) is 0 Å². The minimum atomic E-state index is -0.539. The van der Waals surface area contributed by atoms with Crippen LogP contribution in [-0.2, 0) is 0 Å². The second-order valence-corrected chi connectivity index (χ2v) is 3.47. The van der Waals surface area contributed by atoms with E-state index >= 15 is 0 Å². The summed E-state index contributed by atoms with van der Waals surface area (Å²) in [5, 5.41) is 10.2. The van der Waals surface area contributed by atoms with Crippen LogP contribution in [0.5, 0.6) is 0 Å². The summed E-state index contributed by atoms with van der Waals surface area (Å²) in [6, 6.07) is 7.25. The highest BCUT2D eigenvalue weighted by Gasteiger charge is 1.95. The van der Waals surface area contributed by atoms with E-state index in [1.165, 1.54) is 12.4 Å². The fourth-order valence-corrected chi connectivity index (χ4v) is 1.30. The number of aromatic nitrogens is 3. The molecule has 0 fully saturated rings. The van der Waals surface area contributed by atoms with E-state index in [2.05, 4.69) is 25.7 Å². The van der Waals surface area contributed by atoms with Crippen molar-refractivity contribution in [2.45, 2.75) is 0 Å². The molecule has 0 saturated heterocycles. The third-order valence-electron chi connectivity index (χ3n) is 1.86. The maximum absolute atomic E-state index is 10.8. The van der Waals surface area contributed by atoms with Crippen molar-refractivity contribution in [2.24, 2.45) is 5.10 Å². The van der Waals surface area contributed by atoms with Gasteiger partial charge in [0.1, 0.15) is 0 Å². The largest absolute Gasteiger partial charge is 0.363 e. The van der Waals surface area contributed by atoms with Crippen LogP contribution in [0, 0.1) is 0 Å². The number of hydrazone groups is 1. The number of nitrogens with zero attached hydrogens (tertiary/aromatic N) is 3. The van der Waals surface area contributed by atoms with Crippen LogP contribution in [-0.4, -0.2) is 21.4 Å². The van der Waals surface area contributed by atoms with Gasteiger partial charge < -0.3 is 0 Å². The third kappa shape index (κ3) is 3.12. The molecule has 0 saturated carbocycles. The second-order valence-electron chi connectivity index (χ2n) is 3.06. The highest BCUT2D eigenvalue weighted by molar-refractivity contribution is 6.33. The Morgan fingerprint density at radius 1 is 1.41 bits per heavy atom. The first kappa shape index (κ1) is 11.3. The van der Waals surface area contributed by atoms with Crippen molar-refractivity contribution >= 4 is 23.6 Å². The molecule has 2 aromatic rings. The van der Waals surface area contributed by atoms with Gasteiger partial charge in [0.15, 0.2) is 5.82 Å². The highest BCUT2D eigenvalue weighted by atomic mass is 35.5. The van der Waals surface area contributed by atoms with Gasteiger partial charge in [-0.25, -0.2) is 9.89 Å². The molecular weight excluding hydrogens is 242 g/mol. The van der Waals surface area contributed by atoms with E-state index in [1.54, 1.807) is 6.07 Å². The van der Waals surface area contributed by atoms with Crippen LogP contribution in [0.2, 0.25) is 5.02 Å². The average molecular weight is 250 g/mol. The summed E-state index contributed by atoms with van der Waals surface area (Å²) < 4.78 is 0. The monoisotopic (exact) mass is 249 g/mol.